The van der Waals surface area contributed by atoms with Crippen LogP contribution in [0.2, 0.25) is 5.02 Å². The molecule has 0 bridgehead atoms. The summed E-state index contributed by atoms with van der Waals surface area (Å²) in [6, 6.07) is 23.7. The van der Waals surface area contributed by atoms with Crippen molar-refractivity contribution in [3.05, 3.63) is 111 Å². The van der Waals surface area contributed by atoms with E-state index in [9.17, 15) is 18.5 Å². The molecule has 1 aliphatic rings. The number of nitrogens with zero attached hydrogens (tertiary/aromatic N) is 5. The van der Waals surface area contributed by atoms with Crippen LogP contribution in [0.5, 0.6) is 5.75 Å². The van der Waals surface area contributed by atoms with Crippen LogP contribution < -0.4 is 4.74 Å². The van der Waals surface area contributed by atoms with Gasteiger partial charge in [0, 0.05) is 56.6 Å². The Morgan fingerprint density at radius 1 is 0.932 bits per heavy atom. The van der Waals surface area contributed by atoms with Gasteiger partial charge >= 0.3 is 0 Å². The lowest BCUT2D eigenvalue weighted by molar-refractivity contribution is -0.385. The van der Waals surface area contributed by atoms with E-state index in [2.05, 4.69) is 46.7 Å². The van der Waals surface area contributed by atoms with Gasteiger partial charge in [-0.2, -0.15) is 4.31 Å². The van der Waals surface area contributed by atoms with Crippen LogP contribution in [-0.4, -0.2) is 65.2 Å². The van der Waals surface area contributed by atoms with Crippen molar-refractivity contribution in [1.82, 2.24) is 18.6 Å². The fourth-order valence-electron chi connectivity index (χ4n) is 5.52. The molecule has 3 heterocycles. The van der Waals surface area contributed by atoms with Gasteiger partial charge in [-0.3, -0.25) is 15.0 Å². The summed E-state index contributed by atoms with van der Waals surface area (Å²) in [7, 11) is -2.40. The van der Waals surface area contributed by atoms with Gasteiger partial charge in [0.05, 0.1) is 28.4 Å². The van der Waals surface area contributed by atoms with E-state index in [-0.39, 0.29) is 28.7 Å². The van der Waals surface area contributed by atoms with E-state index < -0.39 is 14.9 Å². The number of halogens is 1. The maximum absolute atomic E-state index is 13.5. The van der Waals surface area contributed by atoms with E-state index >= 15 is 0 Å². The largest absolute Gasteiger partial charge is 0.497 e. The third-order valence-electron chi connectivity index (χ3n) is 7.86. The Kier molecular flexibility index (Phi) is 8.12. The van der Waals surface area contributed by atoms with Gasteiger partial charge in [-0.1, -0.05) is 53.6 Å². The highest BCUT2D eigenvalue weighted by atomic mass is 35.5. The van der Waals surface area contributed by atoms with E-state index in [1.807, 2.05) is 36.4 Å². The topological polar surface area (TPSA) is 110 Å². The number of ether oxygens (including phenoxy) is 1. The van der Waals surface area contributed by atoms with Crippen molar-refractivity contribution < 1.29 is 18.1 Å². The molecule has 3 aromatic carbocycles. The number of pyridine rings is 1. The van der Waals surface area contributed by atoms with Crippen LogP contribution in [-0.2, 0) is 16.6 Å². The lowest BCUT2D eigenvalue weighted by Gasteiger charge is -2.34. The molecule has 1 saturated heterocycles. The highest BCUT2D eigenvalue weighted by Gasteiger charge is 2.32. The molecule has 1 fully saturated rings. The average Bonchev–Trinajstić information content (AvgIpc) is 3.38. The van der Waals surface area contributed by atoms with Crippen molar-refractivity contribution in [3.8, 4) is 28.1 Å². The Balaban J connectivity index is 1.32. The van der Waals surface area contributed by atoms with E-state index in [4.69, 9.17) is 21.3 Å². The Morgan fingerprint density at radius 2 is 1.68 bits per heavy atom. The third-order valence-corrected chi connectivity index (χ3v) is 10.2. The molecule has 0 aliphatic carbocycles. The number of aromatic nitrogens is 2. The summed E-state index contributed by atoms with van der Waals surface area (Å²) in [5.74, 6) is 0.726. The third kappa shape index (κ3) is 5.79. The number of piperazine rings is 1. The van der Waals surface area contributed by atoms with Crippen LogP contribution in [0.4, 0.5) is 5.69 Å². The van der Waals surface area contributed by atoms with Gasteiger partial charge in [0.25, 0.3) is 5.69 Å². The maximum Gasteiger partial charge on any atom is 0.270 e. The molecule has 12 heteroatoms. The molecule has 226 valence electrons. The van der Waals surface area contributed by atoms with Crippen molar-refractivity contribution in [3.63, 3.8) is 0 Å². The first kappa shape index (κ1) is 29.8. The van der Waals surface area contributed by atoms with E-state index in [0.717, 1.165) is 45.5 Å². The van der Waals surface area contributed by atoms with Crippen LogP contribution >= 0.6 is 11.6 Å². The molecule has 0 atom stereocenters. The maximum atomic E-state index is 13.5. The van der Waals surface area contributed by atoms with Gasteiger partial charge < -0.3 is 9.14 Å². The number of nitro groups is 1. The molecule has 10 nitrogen and oxygen atoms in total. The van der Waals surface area contributed by atoms with Crippen molar-refractivity contribution in [2.75, 3.05) is 33.3 Å². The number of nitro benzene ring substituents is 1. The molecule has 5 aromatic rings. The molecule has 44 heavy (non-hydrogen) atoms. The van der Waals surface area contributed by atoms with Crippen molar-refractivity contribution in [2.45, 2.75) is 18.4 Å². The number of methoxy groups -OCH3 is 1. The van der Waals surface area contributed by atoms with Crippen LogP contribution in [0.15, 0.2) is 90.0 Å². The van der Waals surface area contributed by atoms with Gasteiger partial charge in [0.2, 0.25) is 10.0 Å². The zero-order valence-corrected chi connectivity index (χ0v) is 25.8. The monoisotopic (exact) mass is 631 g/mol. The molecule has 0 N–H and O–H groups in total. The number of sulfonamides is 1. The number of fused-ring (bicyclic) bond motifs is 1. The van der Waals surface area contributed by atoms with Crippen LogP contribution in [0.25, 0.3) is 28.0 Å². The molecule has 0 radical (unpaired) electrons. The first-order valence-electron chi connectivity index (χ1n) is 14.0. The summed E-state index contributed by atoms with van der Waals surface area (Å²) in [6.45, 7) is 3.92. The molecular formula is C32H30ClN5O5S. The molecule has 0 saturated carbocycles. The first-order valence-corrected chi connectivity index (χ1v) is 15.8. The Hall–Kier alpha value is -4.29. The molecular weight excluding hydrogens is 602 g/mol. The summed E-state index contributed by atoms with van der Waals surface area (Å²) < 4.78 is 35.8. The minimum Gasteiger partial charge on any atom is -0.497 e. The van der Waals surface area contributed by atoms with Crippen molar-refractivity contribution in [2.24, 2.45) is 0 Å². The van der Waals surface area contributed by atoms with E-state index in [1.54, 1.807) is 7.11 Å². The van der Waals surface area contributed by atoms with Gasteiger partial charge in [0.1, 0.15) is 16.3 Å². The quantitative estimate of drug-likeness (QED) is 0.151. The predicted octanol–water partition coefficient (Wildman–Crippen LogP) is 6.05. The molecule has 0 spiro atoms. The molecule has 1 aliphatic heterocycles. The molecule has 0 unspecified atom stereocenters. The number of hydrogen-bond acceptors (Lipinski definition) is 7. The number of non-ortho nitro benzene ring substituents is 1. The zero-order valence-electron chi connectivity index (χ0n) is 24.2. The number of hydrogen-bond donors (Lipinski definition) is 0. The fourth-order valence-corrected chi connectivity index (χ4v) is 7.44. The summed E-state index contributed by atoms with van der Waals surface area (Å²) >= 11 is 6.19. The molecule has 2 aromatic heterocycles. The lowest BCUT2D eigenvalue weighted by atomic mass is 10.1. The van der Waals surface area contributed by atoms with Gasteiger partial charge in [-0.05, 0) is 48.4 Å². The SMILES string of the molecule is COc1cccc(-c2nc3ccc(-c4cccc(C)c4)cn3c2CN2CCN(S(=O)(=O)c3cc([N+](=O)[O-])ccc3Cl)CC2)c1. The van der Waals surface area contributed by atoms with Gasteiger partial charge in [0.15, 0.2) is 0 Å². The zero-order chi connectivity index (χ0) is 31.0. The smallest absolute Gasteiger partial charge is 0.270 e. The summed E-state index contributed by atoms with van der Waals surface area (Å²) in [6.07, 6.45) is 2.10. The number of imidazole rings is 1. The summed E-state index contributed by atoms with van der Waals surface area (Å²) in [4.78, 5) is 17.6. The standard InChI is InChI=1S/C32H30ClN5O5S/c1-22-5-3-6-23(17-22)25-9-12-31-34-32(24-7-4-8-27(18-24)43-2)29(37(31)20-25)21-35-13-15-36(16-14-35)44(41,42)30-19-26(38(39)40)10-11-28(30)33/h3-12,17-20H,13-16,21H2,1-2H3. The van der Waals surface area contributed by atoms with E-state index in [0.29, 0.717) is 19.6 Å². The van der Waals surface area contributed by atoms with Gasteiger partial charge in [-0.25, -0.2) is 13.4 Å². The summed E-state index contributed by atoms with van der Waals surface area (Å²) in [5.41, 5.74) is 6.52. The average molecular weight is 632 g/mol. The minimum absolute atomic E-state index is 0.0453. The highest BCUT2D eigenvalue weighted by Crippen LogP contribution is 2.32. The first-order chi connectivity index (χ1) is 21.1. The van der Waals surface area contributed by atoms with Crippen LogP contribution in [0.1, 0.15) is 11.3 Å². The number of rotatable bonds is 8. The Bertz CT molecular complexity index is 1990. The summed E-state index contributed by atoms with van der Waals surface area (Å²) in [5, 5.41) is 11.2. The minimum atomic E-state index is -4.03. The van der Waals surface area contributed by atoms with Crippen LogP contribution in [0, 0.1) is 17.0 Å². The molecule has 6 rings (SSSR count). The fraction of sp³-hybridized carbons (Fsp3) is 0.219. The normalized spacial score (nSPS) is 14.6. The second kappa shape index (κ2) is 12.0. The lowest BCUT2D eigenvalue weighted by Crippen LogP contribution is -2.48. The van der Waals surface area contributed by atoms with Crippen molar-refractivity contribution in [1.29, 1.82) is 0 Å². The predicted molar refractivity (Wildman–Crippen MR) is 169 cm³/mol. The number of benzene rings is 3. The Labute approximate surface area is 260 Å². The van der Waals surface area contributed by atoms with Gasteiger partial charge in [-0.15, -0.1) is 0 Å². The Morgan fingerprint density at radius 3 is 2.41 bits per heavy atom. The van der Waals surface area contributed by atoms with Crippen LogP contribution in [0.3, 0.4) is 0 Å². The van der Waals surface area contributed by atoms with E-state index in [1.165, 1.54) is 22.0 Å². The second-order valence-electron chi connectivity index (χ2n) is 10.7. The number of aryl methyl sites for hydroxylation is 1. The second-order valence-corrected chi connectivity index (χ2v) is 13.0. The highest BCUT2D eigenvalue weighted by molar-refractivity contribution is 7.89. The van der Waals surface area contributed by atoms with Crippen molar-refractivity contribution >= 4 is 33.0 Å². The molecule has 0 amide bonds.